The highest BCUT2D eigenvalue weighted by Gasteiger charge is 2.30. The second-order valence-electron chi connectivity index (χ2n) is 6.03. The number of nitrogens with one attached hydrogen (secondary N) is 1. The summed E-state index contributed by atoms with van der Waals surface area (Å²) in [6, 6.07) is 18.9. The SMILES string of the molecule is O=C1CC(Nc2ncccn2)CN1c1ccc(Oc2ccccc2)cc1. The van der Waals surface area contributed by atoms with E-state index in [1.807, 2.05) is 54.6 Å². The average Bonchev–Trinajstić information content (AvgIpc) is 3.04. The Morgan fingerprint density at radius 1 is 0.923 bits per heavy atom. The third-order valence-corrected chi connectivity index (χ3v) is 4.15. The van der Waals surface area contributed by atoms with Gasteiger partial charge in [-0.05, 0) is 42.5 Å². The molecule has 0 saturated carbocycles. The molecule has 1 atom stereocenters. The van der Waals surface area contributed by atoms with E-state index >= 15 is 0 Å². The normalized spacial score (nSPS) is 16.5. The lowest BCUT2D eigenvalue weighted by atomic mass is 10.2. The fourth-order valence-electron chi connectivity index (χ4n) is 2.93. The second-order valence-corrected chi connectivity index (χ2v) is 6.03. The molecule has 0 aliphatic carbocycles. The second kappa shape index (κ2) is 7.23. The highest BCUT2D eigenvalue weighted by Crippen LogP contribution is 2.27. The molecule has 1 N–H and O–H groups in total. The minimum absolute atomic E-state index is 0.00912. The first-order valence-corrected chi connectivity index (χ1v) is 8.45. The largest absolute Gasteiger partial charge is 0.457 e. The standard InChI is InChI=1S/C20H18N4O2/c25-19-13-15(23-20-21-11-4-12-22-20)14-24(19)16-7-9-18(10-8-16)26-17-5-2-1-3-6-17/h1-12,15H,13-14H2,(H,21,22,23). The van der Waals surface area contributed by atoms with E-state index in [2.05, 4.69) is 15.3 Å². The van der Waals surface area contributed by atoms with Gasteiger partial charge in [-0.15, -0.1) is 0 Å². The fraction of sp³-hybridized carbons (Fsp3) is 0.150. The van der Waals surface area contributed by atoms with Gasteiger partial charge in [0.15, 0.2) is 0 Å². The van der Waals surface area contributed by atoms with Crippen LogP contribution in [0.2, 0.25) is 0 Å². The molecular formula is C20H18N4O2. The van der Waals surface area contributed by atoms with Crippen LogP contribution < -0.4 is 15.0 Å². The number of hydrogen-bond donors (Lipinski definition) is 1. The lowest BCUT2D eigenvalue weighted by Gasteiger charge is -2.17. The number of ether oxygens (including phenoxy) is 1. The van der Waals surface area contributed by atoms with Gasteiger partial charge in [0.25, 0.3) is 0 Å². The third kappa shape index (κ3) is 3.64. The molecule has 6 nitrogen and oxygen atoms in total. The van der Waals surface area contributed by atoms with Gasteiger partial charge in [-0.25, -0.2) is 9.97 Å². The van der Waals surface area contributed by atoms with Gasteiger partial charge < -0.3 is 15.0 Å². The smallest absolute Gasteiger partial charge is 0.229 e. The van der Waals surface area contributed by atoms with E-state index in [0.717, 1.165) is 17.2 Å². The Bertz CT molecular complexity index is 869. The van der Waals surface area contributed by atoms with Crippen LogP contribution in [0.15, 0.2) is 73.1 Å². The van der Waals surface area contributed by atoms with Crippen molar-refractivity contribution in [1.29, 1.82) is 0 Å². The lowest BCUT2D eigenvalue weighted by Crippen LogP contribution is -2.28. The number of para-hydroxylation sites is 1. The van der Waals surface area contributed by atoms with Gasteiger partial charge in [-0.3, -0.25) is 4.79 Å². The van der Waals surface area contributed by atoms with Crippen molar-refractivity contribution in [2.45, 2.75) is 12.5 Å². The molecule has 0 radical (unpaired) electrons. The summed E-state index contributed by atoms with van der Waals surface area (Å²) in [7, 11) is 0. The Kier molecular flexibility index (Phi) is 4.47. The lowest BCUT2D eigenvalue weighted by molar-refractivity contribution is -0.117. The summed E-state index contributed by atoms with van der Waals surface area (Å²) in [5, 5.41) is 3.21. The molecule has 1 fully saturated rings. The van der Waals surface area contributed by atoms with Gasteiger partial charge in [-0.2, -0.15) is 0 Å². The van der Waals surface area contributed by atoms with Gasteiger partial charge in [0.1, 0.15) is 11.5 Å². The maximum atomic E-state index is 12.4. The van der Waals surface area contributed by atoms with E-state index in [-0.39, 0.29) is 11.9 Å². The molecule has 2 heterocycles. The molecule has 4 rings (SSSR count). The van der Waals surface area contributed by atoms with Gasteiger partial charge in [-0.1, -0.05) is 18.2 Å². The highest BCUT2D eigenvalue weighted by molar-refractivity contribution is 5.96. The highest BCUT2D eigenvalue weighted by atomic mass is 16.5. The quantitative estimate of drug-likeness (QED) is 0.766. The summed E-state index contributed by atoms with van der Waals surface area (Å²) in [4.78, 5) is 22.4. The molecule has 1 amide bonds. The van der Waals surface area contributed by atoms with Gasteiger partial charge in [0.05, 0.1) is 6.04 Å². The number of nitrogens with zero attached hydrogens (tertiary/aromatic N) is 3. The molecule has 130 valence electrons. The molecule has 1 aliphatic heterocycles. The van der Waals surface area contributed by atoms with Crippen LogP contribution in [-0.4, -0.2) is 28.5 Å². The summed E-state index contributed by atoms with van der Waals surface area (Å²) >= 11 is 0. The number of hydrogen-bond acceptors (Lipinski definition) is 5. The maximum Gasteiger partial charge on any atom is 0.229 e. The van der Waals surface area contributed by atoms with Crippen molar-refractivity contribution >= 4 is 17.5 Å². The Morgan fingerprint density at radius 2 is 1.62 bits per heavy atom. The van der Waals surface area contributed by atoms with E-state index in [9.17, 15) is 4.79 Å². The van der Waals surface area contributed by atoms with E-state index in [1.165, 1.54) is 0 Å². The Labute approximate surface area is 151 Å². The topological polar surface area (TPSA) is 67.4 Å². The van der Waals surface area contributed by atoms with Gasteiger partial charge in [0, 0.05) is 31.0 Å². The summed E-state index contributed by atoms with van der Waals surface area (Å²) < 4.78 is 5.79. The van der Waals surface area contributed by atoms with Crippen molar-refractivity contribution in [2.24, 2.45) is 0 Å². The molecule has 2 aromatic carbocycles. The first kappa shape index (κ1) is 16.1. The van der Waals surface area contributed by atoms with Crippen LogP contribution in [0.25, 0.3) is 0 Å². The molecule has 3 aromatic rings. The van der Waals surface area contributed by atoms with Crippen molar-refractivity contribution in [3.05, 3.63) is 73.1 Å². The minimum Gasteiger partial charge on any atom is -0.457 e. The number of anilines is 2. The van der Waals surface area contributed by atoms with Gasteiger partial charge >= 0.3 is 0 Å². The Hall–Kier alpha value is -3.41. The van der Waals surface area contributed by atoms with E-state index in [1.54, 1.807) is 23.4 Å². The maximum absolute atomic E-state index is 12.4. The van der Waals surface area contributed by atoms with Crippen molar-refractivity contribution in [2.75, 3.05) is 16.8 Å². The number of carbonyl (C=O) groups excluding carboxylic acids is 1. The van der Waals surface area contributed by atoms with Crippen molar-refractivity contribution in [1.82, 2.24) is 9.97 Å². The zero-order valence-electron chi connectivity index (χ0n) is 14.1. The Morgan fingerprint density at radius 3 is 2.35 bits per heavy atom. The van der Waals surface area contributed by atoms with Crippen LogP contribution in [0, 0.1) is 0 Å². The predicted molar refractivity (Wildman–Crippen MR) is 99.4 cm³/mol. The van der Waals surface area contributed by atoms with E-state index in [0.29, 0.717) is 18.9 Å². The first-order chi connectivity index (χ1) is 12.8. The number of aromatic nitrogens is 2. The summed E-state index contributed by atoms with van der Waals surface area (Å²) in [6.45, 7) is 0.579. The van der Waals surface area contributed by atoms with Crippen molar-refractivity contribution in [3.63, 3.8) is 0 Å². The monoisotopic (exact) mass is 346 g/mol. The van der Waals surface area contributed by atoms with Crippen LogP contribution in [0.5, 0.6) is 11.5 Å². The van der Waals surface area contributed by atoms with Crippen molar-refractivity contribution in [3.8, 4) is 11.5 Å². The van der Waals surface area contributed by atoms with Crippen molar-refractivity contribution < 1.29 is 9.53 Å². The van der Waals surface area contributed by atoms with Gasteiger partial charge in [0.2, 0.25) is 11.9 Å². The third-order valence-electron chi connectivity index (χ3n) is 4.15. The molecule has 1 saturated heterocycles. The van der Waals surface area contributed by atoms with Crippen LogP contribution in [0.3, 0.4) is 0 Å². The zero-order chi connectivity index (χ0) is 17.8. The zero-order valence-corrected chi connectivity index (χ0v) is 14.1. The van der Waals surface area contributed by atoms with E-state index in [4.69, 9.17) is 4.74 Å². The number of benzene rings is 2. The van der Waals surface area contributed by atoms with Crippen LogP contribution in [0.1, 0.15) is 6.42 Å². The van der Waals surface area contributed by atoms with Crippen LogP contribution in [-0.2, 0) is 4.79 Å². The molecule has 1 unspecified atom stereocenters. The number of carbonyl (C=O) groups is 1. The molecule has 6 heteroatoms. The number of amides is 1. The van der Waals surface area contributed by atoms with Crippen LogP contribution >= 0.6 is 0 Å². The molecule has 0 spiro atoms. The minimum atomic E-state index is -0.00912. The molecule has 0 bridgehead atoms. The van der Waals surface area contributed by atoms with E-state index < -0.39 is 0 Å². The summed E-state index contributed by atoms with van der Waals surface area (Å²) in [6.07, 6.45) is 3.77. The molecule has 26 heavy (non-hydrogen) atoms. The first-order valence-electron chi connectivity index (χ1n) is 8.45. The summed E-state index contributed by atoms with van der Waals surface area (Å²) in [5.41, 5.74) is 0.855. The molecule has 1 aliphatic rings. The molecular weight excluding hydrogens is 328 g/mol. The number of rotatable bonds is 5. The Balaban J connectivity index is 1.41. The van der Waals surface area contributed by atoms with Crippen LogP contribution in [0.4, 0.5) is 11.6 Å². The average molecular weight is 346 g/mol. The predicted octanol–water partition coefficient (Wildman–Crippen LogP) is 3.49. The fourth-order valence-corrected chi connectivity index (χ4v) is 2.93. The summed E-state index contributed by atoms with van der Waals surface area (Å²) in [5.74, 6) is 2.14. The molecule has 1 aromatic heterocycles.